The number of H-pyrrole nitrogens is 1. The summed E-state index contributed by atoms with van der Waals surface area (Å²) in [5.41, 5.74) is 3.33. The fourth-order valence-electron chi connectivity index (χ4n) is 9.71. The first-order valence-electron chi connectivity index (χ1n) is 16.2. The van der Waals surface area contributed by atoms with E-state index in [1.807, 2.05) is 48.5 Å². The van der Waals surface area contributed by atoms with E-state index in [2.05, 4.69) is 40.2 Å². The highest BCUT2D eigenvalue weighted by atomic mass is 32.2. The summed E-state index contributed by atoms with van der Waals surface area (Å²) in [7, 11) is 0. The second kappa shape index (κ2) is 10.9. The number of benzene rings is 2. The van der Waals surface area contributed by atoms with Crippen molar-refractivity contribution in [3.05, 3.63) is 71.5 Å². The van der Waals surface area contributed by atoms with Gasteiger partial charge >= 0.3 is 0 Å². The molecule has 7 atom stereocenters. The molecule has 5 unspecified atom stereocenters. The lowest BCUT2D eigenvalue weighted by Crippen LogP contribution is -2.61. The number of carbonyl (C=O) groups is 1. The zero-order chi connectivity index (χ0) is 31.8. The SMILES string of the molecule is CC12CC(C=N)=C(Nc3nc4ccccc4[nH]3)C=C1CCC1C2[C@@H](O)CC2(C)C1CC[C@]2(O)C(=O)CSc1nc2ccccc2s1. The molecular formula is C36H39N5O3S2. The zero-order valence-electron chi connectivity index (χ0n) is 26.0. The lowest BCUT2D eigenvalue weighted by Gasteiger charge is -2.60. The molecule has 8 rings (SSSR count). The number of carbonyl (C=O) groups excluding carboxylic acids is 1. The minimum absolute atomic E-state index is 0.0112. The topological polar surface area (TPSA) is 135 Å². The first-order valence-corrected chi connectivity index (χ1v) is 18.0. The second-order valence-electron chi connectivity index (χ2n) is 14.2. The molecule has 10 heteroatoms. The number of aliphatic hydroxyl groups is 2. The molecule has 2 aromatic heterocycles. The molecule has 5 N–H and O–H groups in total. The van der Waals surface area contributed by atoms with Crippen LogP contribution in [-0.4, -0.2) is 54.6 Å². The molecule has 0 amide bonds. The third-order valence-corrected chi connectivity index (χ3v) is 14.1. The van der Waals surface area contributed by atoms with Crippen molar-refractivity contribution in [1.29, 1.82) is 5.41 Å². The molecule has 2 heterocycles. The fraction of sp³-hybridized carbons (Fsp3) is 0.444. The fourth-order valence-corrected chi connectivity index (χ4v) is 11.7. The Morgan fingerprint density at radius 2 is 1.93 bits per heavy atom. The predicted molar refractivity (Wildman–Crippen MR) is 184 cm³/mol. The molecule has 0 saturated heterocycles. The van der Waals surface area contributed by atoms with Gasteiger partial charge in [-0.1, -0.05) is 55.4 Å². The Balaban J connectivity index is 1.03. The summed E-state index contributed by atoms with van der Waals surface area (Å²) in [5.74, 6) is 0.983. The standard InChI is InChI=1S/C36H39N5O3S2/c1-34-16-20(18-37)27(40-32-38-24-7-3-4-8-25(24)39-32)15-21(34)11-12-22-23-13-14-36(44,35(23,2)17-28(42)31(22)34)30(43)19-45-33-41-26-9-5-6-10-29(26)46-33/h3-10,15,18,22-23,28,31,37,42,44H,11-14,16-17,19H2,1-2H3,(H2,38,39,40)/t22?,23?,28-,31?,34?,35?,36-/m0/s1. The van der Waals surface area contributed by atoms with Gasteiger partial charge in [0.25, 0.3) is 0 Å². The maximum Gasteiger partial charge on any atom is 0.205 e. The summed E-state index contributed by atoms with van der Waals surface area (Å²) in [6.07, 6.45) is 6.99. The highest BCUT2D eigenvalue weighted by Crippen LogP contribution is 2.68. The maximum atomic E-state index is 13.9. The molecule has 0 spiro atoms. The number of thioether (sulfide) groups is 1. The number of thiazole rings is 1. The Morgan fingerprint density at radius 1 is 1.15 bits per heavy atom. The monoisotopic (exact) mass is 653 g/mol. The number of aliphatic hydroxyl groups excluding tert-OH is 1. The van der Waals surface area contributed by atoms with E-state index >= 15 is 0 Å². The smallest absolute Gasteiger partial charge is 0.205 e. The number of nitrogens with zero attached hydrogens (tertiary/aromatic N) is 2. The molecule has 4 aromatic rings. The van der Waals surface area contributed by atoms with Crippen LogP contribution in [0, 0.1) is 34.0 Å². The third-order valence-electron chi connectivity index (χ3n) is 11.9. The van der Waals surface area contributed by atoms with Crippen LogP contribution in [0.1, 0.15) is 52.4 Å². The third kappa shape index (κ3) is 4.47. The number of nitrogens with one attached hydrogen (secondary N) is 3. The average Bonchev–Trinajstić information content (AvgIpc) is 3.72. The maximum absolute atomic E-state index is 13.9. The van der Waals surface area contributed by atoms with Gasteiger partial charge in [-0.25, -0.2) is 9.97 Å². The highest BCUT2D eigenvalue weighted by molar-refractivity contribution is 8.01. The summed E-state index contributed by atoms with van der Waals surface area (Å²) in [5, 5.41) is 36.0. The summed E-state index contributed by atoms with van der Waals surface area (Å²) >= 11 is 2.98. The number of anilines is 1. The van der Waals surface area contributed by atoms with E-state index in [0.717, 1.165) is 56.1 Å². The number of rotatable bonds is 7. The number of aromatic amines is 1. The quantitative estimate of drug-likeness (QED) is 0.106. The van der Waals surface area contributed by atoms with Crippen LogP contribution in [0.4, 0.5) is 5.95 Å². The lowest BCUT2D eigenvalue weighted by molar-refractivity contribution is -0.177. The number of ketones is 1. The molecule has 0 radical (unpaired) electrons. The van der Waals surface area contributed by atoms with Gasteiger partial charge in [0, 0.05) is 17.3 Å². The van der Waals surface area contributed by atoms with Gasteiger partial charge in [0.2, 0.25) is 5.95 Å². The van der Waals surface area contributed by atoms with Gasteiger partial charge in [0.1, 0.15) is 5.60 Å². The Morgan fingerprint density at radius 3 is 2.72 bits per heavy atom. The normalized spacial score (nSPS) is 33.8. The average molecular weight is 654 g/mol. The predicted octanol–water partition coefficient (Wildman–Crippen LogP) is 7.12. The van der Waals surface area contributed by atoms with Gasteiger partial charge in [0.15, 0.2) is 10.1 Å². The summed E-state index contributed by atoms with van der Waals surface area (Å²) in [4.78, 5) is 26.6. The summed E-state index contributed by atoms with van der Waals surface area (Å²) in [6, 6.07) is 15.9. The molecule has 3 saturated carbocycles. The van der Waals surface area contributed by atoms with E-state index in [9.17, 15) is 15.0 Å². The van der Waals surface area contributed by atoms with E-state index in [4.69, 9.17) is 5.41 Å². The second-order valence-corrected chi connectivity index (χ2v) is 16.4. The Labute approximate surface area is 276 Å². The van der Waals surface area contributed by atoms with Gasteiger partial charge in [-0.05, 0) is 97.6 Å². The minimum atomic E-state index is -1.47. The van der Waals surface area contributed by atoms with E-state index in [1.54, 1.807) is 11.3 Å². The molecule has 238 valence electrons. The molecule has 2 aromatic carbocycles. The number of para-hydroxylation sites is 3. The van der Waals surface area contributed by atoms with Crippen LogP contribution in [0.3, 0.4) is 0 Å². The van der Waals surface area contributed by atoms with E-state index in [0.29, 0.717) is 25.2 Å². The van der Waals surface area contributed by atoms with Gasteiger partial charge in [-0.15, -0.1) is 11.3 Å². The van der Waals surface area contributed by atoms with Gasteiger partial charge in [-0.3, -0.25) is 4.79 Å². The van der Waals surface area contributed by atoms with Gasteiger partial charge in [0.05, 0.1) is 33.1 Å². The molecule has 4 aliphatic carbocycles. The van der Waals surface area contributed by atoms with Crippen LogP contribution in [0.2, 0.25) is 0 Å². The van der Waals surface area contributed by atoms with E-state index < -0.39 is 17.1 Å². The highest BCUT2D eigenvalue weighted by Gasteiger charge is 2.68. The van der Waals surface area contributed by atoms with Crippen molar-refractivity contribution in [3.63, 3.8) is 0 Å². The summed E-state index contributed by atoms with van der Waals surface area (Å²) in [6.45, 7) is 4.31. The molecule has 0 aliphatic heterocycles. The number of imidazole rings is 1. The van der Waals surface area contributed by atoms with Crippen molar-refractivity contribution < 1.29 is 15.0 Å². The van der Waals surface area contributed by atoms with Crippen LogP contribution in [0.15, 0.2) is 75.8 Å². The molecule has 0 bridgehead atoms. The Bertz CT molecular complexity index is 1880. The van der Waals surface area contributed by atoms with Crippen molar-refractivity contribution in [2.75, 3.05) is 11.1 Å². The molecule has 46 heavy (non-hydrogen) atoms. The van der Waals surface area contributed by atoms with Gasteiger partial charge < -0.3 is 25.9 Å². The van der Waals surface area contributed by atoms with Crippen molar-refractivity contribution in [2.45, 2.75) is 68.4 Å². The Kier molecular flexibility index (Phi) is 7.10. The minimum Gasteiger partial charge on any atom is -0.393 e. The van der Waals surface area contributed by atoms with E-state index in [-0.39, 0.29) is 34.7 Å². The number of Topliss-reactive ketones (excluding diaryl/α,β-unsaturated/α-hetero) is 1. The lowest BCUT2D eigenvalue weighted by atomic mass is 9.45. The first-order chi connectivity index (χ1) is 22.1. The number of hydrogen-bond acceptors (Lipinski definition) is 9. The molecule has 4 aliphatic rings. The Hall–Kier alpha value is -3.31. The van der Waals surface area contributed by atoms with Crippen molar-refractivity contribution in [3.8, 4) is 0 Å². The van der Waals surface area contributed by atoms with Crippen molar-refractivity contribution >= 4 is 62.3 Å². The van der Waals surface area contributed by atoms with E-state index in [1.165, 1.54) is 23.5 Å². The number of hydrogen-bond donors (Lipinski definition) is 5. The van der Waals surface area contributed by atoms with Crippen LogP contribution < -0.4 is 5.32 Å². The van der Waals surface area contributed by atoms with Crippen molar-refractivity contribution in [2.24, 2.45) is 28.6 Å². The van der Waals surface area contributed by atoms with Gasteiger partial charge in [-0.2, -0.15) is 0 Å². The van der Waals surface area contributed by atoms with Crippen LogP contribution in [0.25, 0.3) is 21.3 Å². The first kappa shape index (κ1) is 30.1. The van der Waals surface area contributed by atoms with Crippen LogP contribution in [-0.2, 0) is 4.79 Å². The molecule has 3 fully saturated rings. The number of allylic oxidation sites excluding steroid dienone is 3. The molecular weight excluding hydrogens is 615 g/mol. The van der Waals surface area contributed by atoms with Crippen molar-refractivity contribution in [1.82, 2.24) is 15.0 Å². The largest absolute Gasteiger partial charge is 0.393 e. The molecule has 8 nitrogen and oxygen atoms in total. The van der Waals surface area contributed by atoms with Crippen LogP contribution in [0.5, 0.6) is 0 Å². The summed E-state index contributed by atoms with van der Waals surface area (Å²) < 4.78 is 1.92. The number of aromatic nitrogens is 3. The zero-order valence-corrected chi connectivity index (χ0v) is 27.7. The van der Waals surface area contributed by atoms with Crippen LogP contribution >= 0.6 is 23.1 Å². The number of fused-ring (bicyclic) bond motifs is 7.